The van der Waals surface area contributed by atoms with E-state index < -0.39 is 32.1 Å². The Bertz CT molecular complexity index is 699. The normalized spacial score (nSPS) is 28.1. The molecule has 2 aliphatic rings. The average molecular weight is 373 g/mol. The fourth-order valence-corrected chi connectivity index (χ4v) is 6.29. The van der Waals surface area contributed by atoms with Crippen LogP contribution in [0.4, 0.5) is 4.39 Å². The minimum Gasteiger partial charge on any atom is -0.616 e. The summed E-state index contributed by atoms with van der Waals surface area (Å²) in [6, 6.07) is 4.80. The van der Waals surface area contributed by atoms with Gasteiger partial charge in [-0.15, -0.1) is 0 Å². The molecule has 5 nitrogen and oxygen atoms in total. The molecular formula is C16H20FNO4S2. The molecule has 0 N–H and O–H groups in total. The van der Waals surface area contributed by atoms with Crippen molar-refractivity contribution >= 4 is 26.9 Å². The Labute approximate surface area is 144 Å². The van der Waals surface area contributed by atoms with Crippen LogP contribution in [0.15, 0.2) is 29.2 Å². The van der Waals surface area contributed by atoms with Crippen molar-refractivity contribution in [1.29, 1.82) is 0 Å². The lowest BCUT2D eigenvalue weighted by Gasteiger charge is -2.27. The fraction of sp³-hybridized carbons (Fsp3) is 0.562. The Kier molecular flexibility index (Phi) is 5.17. The predicted molar refractivity (Wildman–Crippen MR) is 89.2 cm³/mol. The molecule has 132 valence electrons. The summed E-state index contributed by atoms with van der Waals surface area (Å²) in [6.07, 6.45) is 1.61. The smallest absolute Gasteiger partial charge is 0.226 e. The zero-order chi connectivity index (χ0) is 17.3. The second-order valence-corrected chi connectivity index (χ2v) is 10.2. The molecule has 2 fully saturated rings. The number of benzene rings is 1. The number of hydrogen-bond acceptors (Lipinski definition) is 4. The van der Waals surface area contributed by atoms with Crippen LogP contribution in [0.1, 0.15) is 19.3 Å². The molecule has 0 radical (unpaired) electrons. The number of likely N-dealkylation sites (tertiary alicyclic amines) is 1. The molecule has 1 aromatic carbocycles. The fourth-order valence-electron chi connectivity index (χ4n) is 3.30. The molecule has 0 aliphatic carbocycles. The van der Waals surface area contributed by atoms with Crippen molar-refractivity contribution in [3.8, 4) is 0 Å². The quantitative estimate of drug-likeness (QED) is 0.592. The lowest BCUT2D eigenvalue weighted by Crippen LogP contribution is -2.39. The maximum atomic E-state index is 13.0. The van der Waals surface area contributed by atoms with Crippen molar-refractivity contribution in [2.75, 3.05) is 24.6 Å². The molecule has 1 unspecified atom stereocenters. The number of nitrogens with zero attached hydrogens (tertiary/aromatic N) is 1. The van der Waals surface area contributed by atoms with Crippen molar-refractivity contribution < 1.29 is 22.2 Å². The zero-order valence-corrected chi connectivity index (χ0v) is 14.8. The van der Waals surface area contributed by atoms with Crippen LogP contribution in [0.5, 0.6) is 0 Å². The van der Waals surface area contributed by atoms with E-state index in [1.165, 1.54) is 12.1 Å². The highest BCUT2D eigenvalue weighted by Crippen LogP contribution is 2.27. The third-order valence-electron chi connectivity index (χ3n) is 4.77. The summed E-state index contributed by atoms with van der Waals surface area (Å²) in [5.74, 6) is 0.439. The molecule has 0 bridgehead atoms. The van der Waals surface area contributed by atoms with Crippen LogP contribution in [0.25, 0.3) is 0 Å². The van der Waals surface area contributed by atoms with Crippen LogP contribution in [0.2, 0.25) is 0 Å². The first-order valence-electron chi connectivity index (χ1n) is 8.01. The Morgan fingerprint density at radius 1 is 1.17 bits per heavy atom. The molecule has 0 saturated carbocycles. The van der Waals surface area contributed by atoms with E-state index in [2.05, 4.69) is 0 Å². The van der Waals surface area contributed by atoms with Crippen molar-refractivity contribution in [1.82, 2.24) is 4.90 Å². The van der Waals surface area contributed by atoms with Gasteiger partial charge in [0.1, 0.15) is 17.3 Å². The topological polar surface area (TPSA) is 77.5 Å². The van der Waals surface area contributed by atoms with Crippen molar-refractivity contribution in [3.05, 3.63) is 30.1 Å². The number of amides is 1. The summed E-state index contributed by atoms with van der Waals surface area (Å²) in [4.78, 5) is 14.3. The number of carbonyl (C=O) groups is 1. The molecule has 1 aromatic rings. The van der Waals surface area contributed by atoms with Crippen LogP contribution in [-0.2, 0) is 25.8 Å². The number of hydrogen-bond donors (Lipinski definition) is 0. The molecule has 3 rings (SSSR count). The van der Waals surface area contributed by atoms with E-state index in [1.54, 1.807) is 4.90 Å². The average Bonchev–Trinajstić information content (AvgIpc) is 3.06. The maximum Gasteiger partial charge on any atom is 0.226 e. The van der Waals surface area contributed by atoms with E-state index >= 15 is 0 Å². The van der Waals surface area contributed by atoms with Gasteiger partial charge in [0.2, 0.25) is 5.91 Å². The summed E-state index contributed by atoms with van der Waals surface area (Å²) in [5.41, 5.74) is 0. The van der Waals surface area contributed by atoms with E-state index in [1.807, 2.05) is 0 Å². The first-order chi connectivity index (χ1) is 11.4. The SMILES string of the molecule is O=C(C1CC[S+]([O-])CC1)N1CCC(S(=O)(=O)c2ccc(F)cc2)C1. The van der Waals surface area contributed by atoms with Gasteiger partial charge in [-0.05, 0) is 30.7 Å². The van der Waals surface area contributed by atoms with Gasteiger partial charge < -0.3 is 9.45 Å². The molecule has 1 atom stereocenters. The Hall–Kier alpha value is -1.12. The van der Waals surface area contributed by atoms with Gasteiger partial charge in [0, 0.05) is 31.8 Å². The van der Waals surface area contributed by atoms with Crippen molar-refractivity contribution in [3.63, 3.8) is 0 Å². The lowest BCUT2D eigenvalue weighted by atomic mass is 10.0. The summed E-state index contributed by atoms with van der Waals surface area (Å²) in [7, 11) is -3.57. The van der Waals surface area contributed by atoms with Crippen LogP contribution in [-0.4, -0.2) is 53.6 Å². The van der Waals surface area contributed by atoms with E-state index in [4.69, 9.17) is 0 Å². The number of sulfone groups is 1. The molecule has 2 heterocycles. The third-order valence-corrected chi connectivity index (χ3v) is 8.35. The van der Waals surface area contributed by atoms with Gasteiger partial charge in [-0.2, -0.15) is 0 Å². The van der Waals surface area contributed by atoms with E-state index in [0.29, 0.717) is 37.3 Å². The van der Waals surface area contributed by atoms with Gasteiger partial charge in [-0.25, -0.2) is 12.8 Å². The van der Waals surface area contributed by atoms with Gasteiger partial charge in [-0.3, -0.25) is 4.79 Å². The number of carbonyl (C=O) groups excluding carboxylic acids is 1. The summed E-state index contributed by atoms with van der Waals surface area (Å²) < 4.78 is 49.6. The van der Waals surface area contributed by atoms with Crippen LogP contribution in [0, 0.1) is 11.7 Å². The molecule has 24 heavy (non-hydrogen) atoms. The molecule has 8 heteroatoms. The van der Waals surface area contributed by atoms with Crippen molar-refractivity contribution in [2.45, 2.75) is 29.4 Å². The highest BCUT2D eigenvalue weighted by molar-refractivity contribution is 7.92. The summed E-state index contributed by atoms with van der Waals surface area (Å²) in [6.45, 7) is 0.599. The number of halogens is 1. The molecule has 2 saturated heterocycles. The Morgan fingerprint density at radius 3 is 2.42 bits per heavy atom. The zero-order valence-electron chi connectivity index (χ0n) is 13.2. The second-order valence-electron chi connectivity index (χ2n) is 6.32. The number of rotatable bonds is 3. The Balaban J connectivity index is 1.66. The van der Waals surface area contributed by atoms with Gasteiger partial charge in [0.25, 0.3) is 0 Å². The molecule has 2 aliphatic heterocycles. The predicted octanol–water partition coefficient (Wildman–Crippen LogP) is 1.36. The first-order valence-corrected chi connectivity index (χ1v) is 11.0. The highest BCUT2D eigenvalue weighted by atomic mass is 32.2. The molecular weight excluding hydrogens is 353 g/mol. The maximum absolute atomic E-state index is 13.0. The minimum atomic E-state index is -3.57. The van der Waals surface area contributed by atoms with Gasteiger partial charge >= 0.3 is 0 Å². The van der Waals surface area contributed by atoms with E-state index in [-0.39, 0.29) is 23.3 Å². The van der Waals surface area contributed by atoms with Gasteiger partial charge in [0.15, 0.2) is 9.84 Å². The Morgan fingerprint density at radius 2 is 1.79 bits per heavy atom. The van der Waals surface area contributed by atoms with E-state index in [0.717, 1.165) is 12.1 Å². The van der Waals surface area contributed by atoms with Crippen LogP contribution >= 0.6 is 0 Å². The van der Waals surface area contributed by atoms with Crippen molar-refractivity contribution in [2.24, 2.45) is 5.92 Å². The third kappa shape index (κ3) is 3.60. The van der Waals surface area contributed by atoms with Gasteiger partial charge in [-0.1, -0.05) is 11.2 Å². The lowest BCUT2D eigenvalue weighted by molar-refractivity contribution is -0.134. The molecule has 1 amide bonds. The molecule has 0 aromatic heterocycles. The van der Waals surface area contributed by atoms with Gasteiger partial charge in [0.05, 0.1) is 10.1 Å². The van der Waals surface area contributed by atoms with Crippen LogP contribution in [0.3, 0.4) is 0 Å². The first kappa shape index (κ1) is 17.7. The largest absolute Gasteiger partial charge is 0.616 e. The van der Waals surface area contributed by atoms with Crippen LogP contribution < -0.4 is 0 Å². The second kappa shape index (κ2) is 7.01. The summed E-state index contributed by atoms with van der Waals surface area (Å²) in [5, 5.41) is -0.648. The van der Waals surface area contributed by atoms with E-state index in [9.17, 15) is 22.2 Å². The molecule has 0 spiro atoms. The standard InChI is InChI=1S/C16H20FNO4S2/c17-13-1-3-14(4-2-13)24(21,22)15-5-8-18(11-15)16(19)12-6-9-23(20)10-7-12/h1-4,12,15H,5-11H2. The minimum absolute atomic E-state index is 0.0245. The summed E-state index contributed by atoms with van der Waals surface area (Å²) >= 11 is -0.824. The highest BCUT2D eigenvalue weighted by Gasteiger charge is 2.39. The monoisotopic (exact) mass is 373 g/mol.